The highest BCUT2D eigenvalue weighted by atomic mass is 32.1. The standard InChI is InChI=1S/C26H25N3O3S/c30-25-23(21-14-18(26(31)32)7-8-22(21)28-25)24(19-9-12-33-16-19)27-20-6-4-5-17(13-20)15-29-10-2-1-3-11-29/h4-9,12-14,16,27H,1-3,10-11,15H2,(H,28,30)(H,31,32). The minimum Gasteiger partial charge on any atom is -0.478 e. The second kappa shape index (κ2) is 9.21. The quantitative estimate of drug-likeness (QED) is 0.432. The number of hydrogen-bond donors (Lipinski definition) is 3. The second-order valence-corrected chi connectivity index (χ2v) is 9.22. The highest BCUT2D eigenvalue weighted by molar-refractivity contribution is 7.08. The Labute approximate surface area is 196 Å². The topological polar surface area (TPSA) is 81.7 Å². The highest BCUT2D eigenvalue weighted by Gasteiger charge is 2.29. The van der Waals surface area contributed by atoms with Gasteiger partial charge in [-0.05, 0) is 73.3 Å². The van der Waals surface area contributed by atoms with Crippen LogP contribution >= 0.6 is 11.3 Å². The average molecular weight is 460 g/mol. The molecule has 0 unspecified atom stereocenters. The fourth-order valence-corrected chi connectivity index (χ4v) is 5.15. The summed E-state index contributed by atoms with van der Waals surface area (Å²) < 4.78 is 0. The molecule has 5 rings (SSSR count). The Morgan fingerprint density at radius 3 is 2.67 bits per heavy atom. The second-order valence-electron chi connectivity index (χ2n) is 8.44. The molecular formula is C26H25N3O3S. The Bertz CT molecular complexity index is 1230. The first-order chi connectivity index (χ1) is 16.1. The van der Waals surface area contributed by atoms with Crippen molar-refractivity contribution >= 4 is 45.9 Å². The van der Waals surface area contributed by atoms with E-state index in [1.54, 1.807) is 23.5 Å². The van der Waals surface area contributed by atoms with Crippen molar-refractivity contribution in [1.82, 2.24) is 4.90 Å². The monoisotopic (exact) mass is 459 g/mol. The summed E-state index contributed by atoms with van der Waals surface area (Å²) in [6, 6.07) is 15.0. The van der Waals surface area contributed by atoms with Gasteiger partial charge in [0.25, 0.3) is 5.91 Å². The van der Waals surface area contributed by atoms with Crippen molar-refractivity contribution in [3.05, 3.63) is 81.5 Å². The number of nitrogens with zero attached hydrogens (tertiary/aromatic N) is 1. The van der Waals surface area contributed by atoms with E-state index < -0.39 is 5.97 Å². The molecule has 1 amide bonds. The fraction of sp³-hybridized carbons (Fsp3) is 0.231. The van der Waals surface area contributed by atoms with Crippen molar-refractivity contribution in [3.8, 4) is 0 Å². The van der Waals surface area contributed by atoms with Crippen LogP contribution in [0.4, 0.5) is 11.4 Å². The van der Waals surface area contributed by atoms with Gasteiger partial charge in [0.2, 0.25) is 0 Å². The Morgan fingerprint density at radius 1 is 1.06 bits per heavy atom. The average Bonchev–Trinajstić information content (AvgIpc) is 3.46. The van der Waals surface area contributed by atoms with Gasteiger partial charge in [0.1, 0.15) is 0 Å². The molecule has 2 aliphatic heterocycles. The predicted octanol–water partition coefficient (Wildman–Crippen LogP) is 5.36. The zero-order valence-corrected chi connectivity index (χ0v) is 19.0. The molecule has 1 aromatic heterocycles. The minimum absolute atomic E-state index is 0.149. The van der Waals surface area contributed by atoms with E-state index in [4.69, 9.17) is 0 Å². The molecule has 1 fully saturated rings. The molecule has 2 aromatic carbocycles. The molecule has 6 nitrogen and oxygen atoms in total. The summed E-state index contributed by atoms with van der Waals surface area (Å²) in [5.41, 5.74) is 5.50. The van der Waals surface area contributed by atoms with Crippen molar-refractivity contribution in [3.63, 3.8) is 0 Å². The van der Waals surface area contributed by atoms with Gasteiger partial charge in [0, 0.05) is 34.4 Å². The van der Waals surface area contributed by atoms with Crippen LogP contribution in [0.2, 0.25) is 0 Å². The maximum absolute atomic E-state index is 13.0. The van der Waals surface area contributed by atoms with Gasteiger partial charge in [-0.2, -0.15) is 11.3 Å². The van der Waals surface area contributed by atoms with Crippen LogP contribution in [0.25, 0.3) is 11.3 Å². The number of carbonyl (C=O) groups is 2. The van der Waals surface area contributed by atoms with Crippen molar-refractivity contribution in [2.45, 2.75) is 25.8 Å². The lowest BCUT2D eigenvalue weighted by Gasteiger charge is -2.26. The number of nitrogens with one attached hydrogen (secondary N) is 2. The summed E-state index contributed by atoms with van der Waals surface area (Å²) in [5.74, 6) is -1.27. The molecule has 0 spiro atoms. The Balaban J connectivity index is 1.53. The number of anilines is 2. The maximum Gasteiger partial charge on any atom is 0.335 e. The molecule has 0 atom stereocenters. The van der Waals surface area contributed by atoms with E-state index in [1.807, 2.05) is 29.0 Å². The van der Waals surface area contributed by atoms with E-state index in [0.29, 0.717) is 22.5 Å². The van der Waals surface area contributed by atoms with E-state index >= 15 is 0 Å². The zero-order valence-electron chi connectivity index (χ0n) is 18.1. The third-order valence-corrected chi connectivity index (χ3v) is 6.81. The SMILES string of the molecule is O=C1Nc2ccc(C(=O)O)cc2C1=C(Nc1cccc(CN2CCCCC2)c1)c1ccsc1. The largest absolute Gasteiger partial charge is 0.478 e. The number of benzene rings is 2. The number of amides is 1. The molecule has 7 heteroatoms. The number of hydrogen-bond acceptors (Lipinski definition) is 5. The third-order valence-electron chi connectivity index (χ3n) is 6.12. The summed E-state index contributed by atoms with van der Waals surface area (Å²) in [6.07, 6.45) is 3.81. The molecule has 33 heavy (non-hydrogen) atoms. The molecule has 168 valence electrons. The van der Waals surface area contributed by atoms with Crippen molar-refractivity contribution in [1.29, 1.82) is 0 Å². The van der Waals surface area contributed by atoms with Crippen LogP contribution in [-0.4, -0.2) is 35.0 Å². The van der Waals surface area contributed by atoms with Crippen LogP contribution in [0.1, 0.15) is 46.3 Å². The summed E-state index contributed by atoms with van der Waals surface area (Å²) in [5, 5.41) is 19.8. The third kappa shape index (κ3) is 4.55. The molecule has 3 heterocycles. The minimum atomic E-state index is -1.02. The first-order valence-electron chi connectivity index (χ1n) is 11.1. The van der Waals surface area contributed by atoms with E-state index in [0.717, 1.165) is 30.9 Å². The van der Waals surface area contributed by atoms with Gasteiger partial charge < -0.3 is 15.7 Å². The first kappa shape index (κ1) is 21.4. The lowest BCUT2D eigenvalue weighted by Crippen LogP contribution is -2.29. The van der Waals surface area contributed by atoms with E-state index in [2.05, 4.69) is 27.7 Å². The van der Waals surface area contributed by atoms with E-state index in [9.17, 15) is 14.7 Å². The Kier molecular flexibility index (Phi) is 5.98. The van der Waals surface area contributed by atoms with Crippen molar-refractivity contribution in [2.75, 3.05) is 23.7 Å². The molecule has 0 bridgehead atoms. The van der Waals surface area contributed by atoms with Gasteiger partial charge in [0.05, 0.1) is 16.8 Å². The van der Waals surface area contributed by atoms with Gasteiger partial charge in [-0.3, -0.25) is 9.69 Å². The molecule has 0 aliphatic carbocycles. The molecule has 0 radical (unpaired) electrons. The molecule has 3 N–H and O–H groups in total. The summed E-state index contributed by atoms with van der Waals surface area (Å²) in [6.45, 7) is 3.17. The Morgan fingerprint density at radius 2 is 1.91 bits per heavy atom. The number of carboxylic acids is 1. The molecular weight excluding hydrogens is 434 g/mol. The lowest BCUT2D eigenvalue weighted by atomic mass is 9.99. The van der Waals surface area contributed by atoms with Gasteiger partial charge in [0.15, 0.2) is 0 Å². The molecule has 1 saturated heterocycles. The van der Waals surface area contributed by atoms with Crippen LogP contribution in [0, 0.1) is 0 Å². The number of fused-ring (bicyclic) bond motifs is 1. The maximum atomic E-state index is 13.0. The van der Waals surface area contributed by atoms with Gasteiger partial charge in [-0.25, -0.2) is 4.79 Å². The molecule has 0 saturated carbocycles. The molecule has 3 aromatic rings. The number of rotatable bonds is 6. The highest BCUT2D eigenvalue weighted by Crippen LogP contribution is 2.38. The number of piperidine rings is 1. The van der Waals surface area contributed by atoms with Crippen molar-refractivity contribution < 1.29 is 14.7 Å². The van der Waals surface area contributed by atoms with Crippen molar-refractivity contribution in [2.24, 2.45) is 0 Å². The fourth-order valence-electron chi connectivity index (χ4n) is 4.50. The first-order valence-corrected chi connectivity index (χ1v) is 12.1. The summed E-state index contributed by atoms with van der Waals surface area (Å²) in [4.78, 5) is 27.0. The number of aromatic carboxylic acids is 1. The van der Waals surface area contributed by atoms with Gasteiger partial charge in [-0.15, -0.1) is 0 Å². The van der Waals surface area contributed by atoms with Crippen LogP contribution in [-0.2, 0) is 11.3 Å². The Hall–Kier alpha value is -3.42. The summed E-state index contributed by atoms with van der Waals surface area (Å²) >= 11 is 1.55. The van der Waals surface area contributed by atoms with E-state index in [-0.39, 0.29) is 11.5 Å². The van der Waals surface area contributed by atoms with Crippen LogP contribution in [0.15, 0.2) is 59.3 Å². The number of thiophene rings is 1. The summed E-state index contributed by atoms with van der Waals surface area (Å²) in [7, 11) is 0. The van der Waals surface area contributed by atoms with Crippen LogP contribution < -0.4 is 10.6 Å². The van der Waals surface area contributed by atoms with Gasteiger partial charge >= 0.3 is 5.97 Å². The zero-order chi connectivity index (χ0) is 22.8. The van der Waals surface area contributed by atoms with E-state index in [1.165, 1.54) is 30.9 Å². The lowest BCUT2D eigenvalue weighted by molar-refractivity contribution is -0.110. The predicted molar refractivity (Wildman–Crippen MR) is 132 cm³/mol. The van der Waals surface area contributed by atoms with Crippen LogP contribution in [0.5, 0.6) is 0 Å². The number of carboxylic acid groups (broad SMARTS) is 1. The normalized spacial score (nSPS) is 17.4. The number of likely N-dealkylation sites (tertiary alicyclic amines) is 1. The molecule has 2 aliphatic rings. The smallest absolute Gasteiger partial charge is 0.335 e. The van der Waals surface area contributed by atoms with Crippen LogP contribution in [0.3, 0.4) is 0 Å². The van der Waals surface area contributed by atoms with Gasteiger partial charge in [-0.1, -0.05) is 18.6 Å². The number of carbonyl (C=O) groups excluding carboxylic acids is 1.